The van der Waals surface area contributed by atoms with Crippen molar-refractivity contribution in [2.45, 2.75) is 32.9 Å². The van der Waals surface area contributed by atoms with Crippen molar-refractivity contribution < 1.29 is 14.3 Å². The number of aryl methyl sites for hydroxylation is 1. The molecule has 1 aliphatic rings. The average Bonchev–Trinajstić information content (AvgIpc) is 3.05. The minimum Gasteiger partial charge on any atom is -0.462 e. The summed E-state index contributed by atoms with van der Waals surface area (Å²) in [7, 11) is 0. The summed E-state index contributed by atoms with van der Waals surface area (Å²) in [6.45, 7) is 5.83. The second-order valence-corrected chi connectivity index (χ2v) is 6.19. The third-order valence-electron chi connectivity index (χ3n) is 4.43. The highest BCUT2D eigenvalue weighted by atomic mass is 16.5. The number of imidazole rings is 1. The molecule has 132 valence electrons. The zero-order valence-corrected chi connectivity index (χ0v) is 14.5. The van der Waals surface area contributed by atoms with Crippen LogP contribution in [0.3, 0.4) is 0 Å². The summed E-state index contributed by atoms with van der Waals surface area (Å²) in [5, 5.41) is 0. The summed E-state index contributed by atoms with van der Waals surface area (Å²) < 4.78 is 7.06. The minimum atomic E-state index is -0.271. The maximum atomic E-state index is 11.6. The Morgan fingerprint density at radius 1 is 1.28 bits per heavy atom. The Morgan fingerprint density at radius 2 is 2.08 bits per heavy atom. The van der Waals surface area contributed by atoms with Crippen LogP contribution < -0.4 is 0 Å². The Kier molecular flexibility index (Phi) is 5.60. The molecule has 6 heteroatoms. The lowest BCUT2D eigenvalue weighted by Gasteiger charge is -2.27. The number of aromatic nitrogens is 2. The first-order chi connectivity index (χ1) is 12.2. The van der Waals surface area contributed by atoms with Crippen molar-refractivity contribution in [1.82, 2.24) is 14.5 Å². The van der Waals surface area contributed by atoms with Crippen LogP contribution in [0.25, 0.3) is 0 Å². The van der Waals surface area contributed by atoms with Crippen molar-refractivity contribution in [1.29, 1.82) is 0 Å². The van der Waals surface area contributed by atoms with Gasteiger partial charge in [0.2, 0.25) is 0 Å². The molecule has 0 aliphatic carbocycles. The molecule has 1 aromatic carbocycles. The molecule has 2 heterocycles. The first-order valence-electron chi connectivity index (χ1n) is 8.69. The number of ether oxygens (including phenoxy) is 1. The third kappa shape index (κ3) is 4.33. The van der Waals surface area contributed by atoms with Gasteiger partial charge in [-0.3, -0.25) is 9.69 Å². The van der Waals surface area contributed by atoms with Crippen LogP contribution in [-0.2, 0) is 24.2 Å². The number of hydrogen-bond donors (Lipinski definition) is 0. The van der Waals surface area contributed by atoms with Gasteiger partial charge in [0, 0.05) is 19.3 Å². The van der Waals surface area contributed by atoms with Crippen molar-refractivity contribution in [3.63, 3.8) is 0 Å². The first kappa shape index (κ1) is 17.4. The zero-order valence-electron chi connectivity index (χ0n) is 14.5. The molecule has 6 nitrogen and oxygen atoms in total. The Labute approximate surface area is 147 Å². The van der Waals surface area contributed by atoms with E-state index in [4.69, 9.17) is 4.74 Å². The number of carbonyl (C=O) groups excluding carboxylic acids is 2. The van der Waals surface area contributed by atoms with E-state index in [1.165, 1.54) is 5.56 Å². The molecule has 0 bridgehead atoms. The standard InChI is InChI=1S/C19H23N3O3/c1-2-25-19(24)16-7-5-15(6-8-16)4-3-9-21-10-11-22-12-17(14-23)20-18(22)13-21/h5-8,12,14H,2-4,9-11,13H2,1H3. The Hall–Kier alpha value is -2.47. The van der Waals surface area contributed by atoms with E-state index in [1.807, 2.05) is 30.5 Å². The molecule has 1 aliphatic heterocycles. The molecule has 1 aromatic heterocycles. The molecule has 2 aromatic rings. The van der Waals surface area contributed by atoms with E-state index >= 15 is 0 Å². The number of fused-ring (bicyclic) bond motifs is 1. The number of nitrogens with zero attached hydrogens (tertiary/aromatic N) is 3. The van der Waals surface area contributed by atoms with E-state index in [2.05, 4.69) is 14.5 Å². The molecule has 25 heavy (non-hydrogen) atoms. The summed E-state index contributed by atoms with van der Waals surface area (Å²) in [4.78, 5) is 29.2. The smallest absolute Gasteiger partial charge is 0.338 e. The molecule has 3 rings (SSSR count). The monoisotopic (exact) mass is 341 g/mol. The lowest BCUT2D eigenvalue weighted by atomic mass is 10.1. The molecule has 0 N–H and O–H groups in total. The molecule has 0 spiro atoms. The highest BCUT2D eigenvalue weighted by Crippen LogP contribution is 2.14. The summed E-state index contributed by atoms with van der Waals surface area (Å²) in [6, 6.07) is 7.63. The maximum Gasteiger partial charge on any atom is 0.338 e. The van der Waals surface area contributed by atoms with Gasteiger partial charge in [-0.25, -0.2) is 9.78 Å². The molecule has 0 atom stereocenters. The molecular weight excluding hydrogens is 318 g/mol. The fourth-order valence-electron chi connectivity index (χ4n) is 3.10. The van der Waals surface area contributed by atoms with Crippen LogP contribution in [-0.4, -0.2) is 46.4 Å². The Morgan fingerprint density at radius 3 is 2.80 bits per heavy atom. The minimum absolute atomic E-state index is 0.271. The van der Waals surface area contributed by atoms with Gasteiger partial charge in [0.15, 0.2) is 6.29 Å². The summed E-state index contributed by atoms with van der Waals surface area (Å²) in [5.41, 5.74) is 2.33. The average molecular weight is 341 g/mol. The molecule has 0 amide bonds. The van der Waals surface area contributed by atoms with E-state index in [-0.39, 0.29) is 5.97 Å². The quantitative estimate of drug-likeness (QED) is 0.571. The Bertz CT molecular complexity index is 737. The largest absolute Gasteiger partial charge is 0.462 e. The number of benzene rings is 1. The van der Waals surface area contributed by atoms with Crippen LogP contribution in [0.1, 0.15) is 45.6 Å². The van der Waals surface area contributed by atoms with Crippen LogP contribution in [0, 0.1) is 0 Å². The van der Waals surface area contributed by atoms with Gasteiger partial charge in [0.25, 0.3) is 0 Å². The second kappa shape index (κ2) is 8.07. The van der Waals surface area contributed by atoms with Gasteiger partial charge in [-0.1, -0.05) is 12.1 Å². The molecule has 0 radical (unpaired) electrons. The second-order valence-electron chi connectivity index (χ2n) is 6.19. The molecular formula is C19H23N3O3. The lowest BCUT2D eigenvalue weighted by Crippen LogP contribution is -2.34. The van der Waals surface area contributed by atoms with Crippen LogP contribution in [0.15, 0.2) is 30.5 Å². The highest BCUT2D eigenvalue weighted by molar-refractivity contribution is 5.89. The number of rotatable bonds is 7. The van der Waals surface area contributed by atoms with Gasteiger partial charge < -0.3 is 9.30 Å². The van der Waals surface area contributed by atoms with Crippen molar-refractivity contribution in [2.75, 3.05) is 19.7 Å². The number of hydrogen-bond acceptors (Lipinski definition) is 5. The molecule has 0 fully saturated rings. The van der Waals surface area contributed by atoms with Crippen molar-refractivity contribution in [3.8, 4) is 0 Å². The van der Waals surface area contributed by atoms with Gasteiger partial charge >= 0.3 is 5.97 Å². The number of esters is 1. The molecule has 0 saturated carbocycles. The summed E-state index contributed by atoms with van der Waals surface area (Å²) >= 11 is 0. The van der Waals surface area contributed by atoms with Gasteiger partial charge in [-0.05, 0) is 44.0 Å². The lowest BCUT2D eigenvalue weighted by molar-refractivity contribution is 0.0526. The van der Waals surface area contributed by atoms with Crippen molar-refractivity contribution in [2.24, 2.45) is 0 Å². The van der Waals surface area contributed by atoms with Crippen LogP contribution in [0.4, 0.5) is 0 Å². The number of aldehydes is 1. The van der Waals surface area contributed by atoms with Crippen LogP contribution in [0.5, 0.6) is 0 Å². The summed E-state index contributed by atoms with van der Waals surface area (Å²) in [5.74, 6) is 0.694. The van der Waals surface area contributed by atoms with E-state index in [1.54, 1.807) is 6.92 Å². The van der Waals surface area contributed by atoms with E-state index in [9.17, 15) is 9.59 Å². The topological polar surface area (TPSA) is 64.4 Å². The number of carbonyl (C=O) groups is 2. The highest BCUT2D eigenvalue weighted by Gasteiger charge is 2.17. The van der Waals surface area contributed by atoms with Crippen molar-refractivity contribution in [3.05, 3.63) is 53.1 Å². The molecule has 0 unspecified atom stereocenters. The van der Waals surface area contributed by atoms with Crippen molar-refractivity contribution >= 4 is 12.3 Å². The van der Waals surface area contributed by atoms with E-state index in [0.29, 0.717) is 17.9 Å². The van der Waals surface area contributed by atoms with E-state index < -0.39 is 0 Å². The predicted octanol–water partition coefficient (Wildman–Crippen LogP) is 2.32. The maximum absolute atomic E-state index is 11.6. The van der Waals surface area contributed by atoms with Crippen LogP contribution in [0.2, 0.25) is 0 Å². The fraction of sp³-hybridized carbons (Fsp3) is 0.421. The van der Waals surface area contributed by atoms with Gasteiger partial charge in [0.05, 0.1) is 18.7 Å². The zero-order chi connectivity index (χ0) is 17.6. The van der Waals surface area contributed by atoms with Gasteiger partial charge in [-0.15, -0.1) is 0 Å². The SMILES string of the molecule is CCOC(=O)c1ccc(CCCN2CCn3cc(C=O)nc3C2)cc1. The normalized spacial score (nSPS) is 14.1. The Balaban J connectivity index is 1.47. The third-order valence-corrected chi connectivity index (χ3v) is 4.43. The van der Waals surface area contributed by atoms with E-state index in [0.717, 1.165) is 51.1 Å². The first-order valence-corrected chi connectivity index (χ1v) is 8.69. The summed E-state index contributed by atoms with van der Waals surface area (Å²) in [6.07, 6.45) is 4.63. The predicted molar refractivity (Wildman–Crippen MR) is 93.6 cm³/mol. The van der Waals surface area contributed by atoms with Gasteiger partial charge in [-0.2, -0.15) is 0 Å². The van der Waals surface area contributed by atoms with Gasteiger partial charge in [0.1, 0.15) is 11.5 Å². The molecule has 0 saturated heterocycles. The fourth-order valence-corrected chi connectivity index (χ4v) is 3.10. The van der Waals surface area contributed by atoms with Crippen LogP contribution >= 0.6 is 0 Å².